The van der Waals surface area contributed by atoms with Crippen molar-refractivity contribution in [3.63, 3.8) is 0 Å². The number of halogens is 3. The van der Waals surface area contributed by atoms with Crippen molar-refractivity contribution in [1.29, 1.82) is 0 Å². The molecule has 0 unspecified atom stereocenters. The highest BCUT2D eigenvalue weighted by Crippen LogP contribution is 2.35. The molecule has 0 aromatic heterocycles. The van der Waals surface area contributed by atoms with Gasteiger partial charge in [-0.1, -0.05) is 0 Å². The van der Waals surface area contributed by atoms with Crippen LogP contribution in [0.2, 0.25) is 0 Å². The van der Waals surface area contributed by atoms with Crippen LogP contribution in [0.3, 0.4) is 0 Å². The second-order valence-electron chi connectivity index (χ2n) is 4.74. The highest BCUT2D eigenvalue weighted by atomic mass is 32.2. The molecule has 8 heteroatoms. The molecule has 1 fully saturated rings. The van der Waals surface area contributed by atoms with Crippen LogP contribution in [0.15, 0.2) is 18.2 Å². The standard InChI is InChI=1S/C13H16F3N3OS/c14-13(15,16)10-7-9(1-2-11(10)17)18-12(20)8-19-3-5-21-6-4-19/h1-2,7H,3-6,8,17H2,(H,18,20). The largest absolute Gasteiger partial charge is 0.418 e. The Labute approximate surface area is 124 Å². The number of benzene rings is 1. The van der Waals surface area contributed by atoms with Gasteiger partial charge in [0.05, 0.1) is 12.1 Å². The van der Waals surface area contributed by atoms with E-state index in [0.29, 0.717) is 0 Å². The molecule has 0 atom stereocenters. The number of thioether (sulfide) groups is 1. The second kappa shape index (κ2) is 6.57. The van der Waals surface area contributed by atoms with Crippen molar-refractivity contribution < 1.29 is 18.0 Å². The van der Waals surface area contributed by atoms with Gasteiger partial charge >= 0.3 is 6.18 Å². The van der Waals surface area contributed by atoms with Crippen LogP contribution >= 0.6 is 11.8 Å². The molecule has 21 heavy (non-hydrogen) atoms. The van der Waals surface area contributed by atoms with Crippen molar-refractivity contribution >= 4 is 29.0 Å². The second-order valence-corrected chi connectivity index (χ2v) is 5.96. The highest BCUT2D eigenvalue weighted by Gasteiger charge is 2.33. The summed E-state index contributed by atoms with van der Waals surface area (Å²) < 4.78 is 38.2. The average Bonchev–Trinajstić information content (AvgIpc) is 2.41. The highest BCUT2D eigenvalue weighted by molar-refractivity contribution is 7.99. The number of nitrogens with two attached hydrogens (primary N) is 1. The van der Waals surface area contributed by atoms with E-state index in [2.05, 4.69) is 5.32 Å². The van der Waals surface area contributed by atoms with Gasteiger partial charge in [-0.2, -0.15) is 24.9 Å². The minimum Gasteiger partial charge on any atom is -0.398 e. The Morgan fingerprint density at radius 3 is 2.62 bits per heavy atom. The van der Waals surface area contributed by atoms with E-state index in [1.54, 1.807) is 0 Å². The molecule has 1 amide bonds. The van der Waals surface area contributed by atoms with Crippen LogP contribution < -0.4 is 11.1 Å². The van der Waals surface area contributed by atoms with Crippen LogP contribution in [0, 0.1) is 0 Å². The third-order valence-corrected chi connectivity index (χ3v) is 4.06. The molecule has 0 saturated carbocycles. The SMILES string of the molecule is Nc1ccc(NC(=O)CN2CCSCC2)cc1C(F)(F)F. The quantitative estimate of drug-likeness (QED) is 0.839. The van der Waals surface area contributed by atoms with E-state index in [9.17, 15) is 18.0 Å². The van der Waals surface area contributed by atoms with Gasteiger partial charge in [0.2, 0.25) is 5.91 Å². The van der Waals surface area contributed by atoms with Gasteiger partial charge in [-0.3, -0.25) is 9.69 Å². The zero-order valence-electron chi connectivity index (χ0n) is 11.2. The summed E-state index contributed by atoms with van der Waals surface area (Å²) in [7, 11) is 0. The molecule has 3 N–H and O–H groups in total. The summed E-state index contributed by atoms with van der Waals surface area (Å²) in [6, 6.07) is 3.38. The van der Waals surface area contributed by atoms with Crippen molar-refractivity contribution in [2.24, 2.45) is 0 Å². The minimum absolute atomic E-state index is 0.105. The maximum absolute atomic E-state index is 12.7. The number of rotatable bonds is 3. The van der Waals surface area contributed by atoms with Gasteiger partial charge in [-0.15, -0.1) is 0 Å². The van der Waals surface area contributed by atoms with Gasteiger partial charge in [0, 0.05) is 36.0 Å². The van der Waals surface area contributed by atoms with E-state index in [0.717, 1.165) is 36.7 Å². The molecule has 0 aliphatic carbocycles. The molecule has 1 aliphatic heterocycles. The average molecular weight is 319 g/mol. The third-order valence-electron chi connectivity index (χ3n) is 3.11. The predicted octanol–water partition coefficient (Wildman–Crippen LogP) is 2.27. The minimum atomic E-state index is -4.53. The molecule has 1 aromatic rings. The van der Waals surface area contributed by atoms with Gasteiger partial charge < -0.3 is 11.1 Å². The summed E-state index contributed by atoms with van der Waals surface area (Å²) in [5, 5.41) is 2.49. The molecule has 1 aromatic carbocycles. The number of carbonyl (C=O) groups is 1. The molecule has 0 bridgehead atoms. The van der Waals surface area contributed by atoms with Gasteiger partial charge in [0.1, 0.15) is 0 Å². The lowest BCUT2D eigenvalue weighted by Gasteiger charge is -2.25. The van der Waals surface area contributed by atoms with Crippen molar-refractivity contribution in [2.45, 2.75) is 6.18 Å². The summed E-state index contributed by atoms with van der Waals surface area (Å²) >= 11 is 1.82. The molecule has 4 nitrogen and oxygen atoms in total. The lowest BCUT2D eigenvalue weighted by Crippen LogP contribution is -2.38. The monoisotopic (exact) mass is 319 g/mol. The first-order valence-corrected chi connectivity index (χ1v) is 7.58. The predicted molar refractivity (Wildman–Crippen MR) is 78.3 cm³/mol. The Balaban J connectivity index is 2.00. The molecule has 0 radical (unpaired) electrons. The Bertz CT molecular complexity index is 516. The van der Waals surface area contributed by atoms with Crippen LogP contribution in [-0.4, -0.2) is 41.9 Å². The number of nitrogens with zero attached hydrogens (tertiary/aromatic N) is 1. The molecule has 1 aliphatic rings. The first-order chi connectivity index (χ1) is 9.86. The number of nitrogen functional groups attached to an aromatic ring is 1. The zero-order chi connectivity index (χ0) is 15.5. The van der Waals surface area contributed by atoms with Gasteiger partial charge in [0.25, 0.3) is 0 Å². The number of anilines is 2. The van der Waals surface area contributed by atoms with Crippen molar-refractivity contribution in [3.8, 4) is 0 Å². The molecular weight excluding hydrogens is 303 g/mol. The Morgan fingerprint density at radius 2 is 2.00 bits per heavy atom. The Kier molecular flexibility index (Phi) is 5.00. The lowest BCUT2D eigenvalue weighted by atomic mass is 10.1. The van der Waals surface area contributed by atoms with E-state index in [1.807, 2.05) is 16.7 Å². The maximum atomic E-state index is 12.7. The fourth-order valence-corrected chi connectivity index (χ4v) is 3.02. The summed E-state index contributed by atoms with van der Waals surface area (Å²) in [5.74, 6) is 1.61. The Morgan fingerprint density at radius 1 is 1.33 bits per heavy atom. The molecule has 0 spiro atoms. The van der Waals surface area contributed by atoms with Crippen LogP contribution in [0.4, 0.5) is 24.5 Å². The smallest absolute Gasteiger partial charge is 0.398 e. The van der Waals surface area contributed by atoms with Crippen LogP contribution in [-0.2, 0) is 11.0 Å². The summed E-state index contributed by atoms with van der Waals surface area (Å²) in [6.45, 7) is 1.81. The number of amides is 1. The van der Waals surface area contributed by atoms with Gasteiger partial charge in [0.15, 0.2) is 0 Å². The number of carbonyl (C=O) groups excluding carboxylic acids is 1. The van der Waals surface area contributed by atoms with Crippen molar-refractivity contribution in [2.75, 3.05) is 42.2 Å². The number of alkyl halides is 3. The zero-order valence-corrected chi connectivity index (χ0v) is 12.1. The van der Waals surface area contributed by atoms with E-state index >= 15 is 0 Å². The van der Waals surface area contributed by atoms with E-state index in [-0.39, 0.29) is 23.8 Å². The molecule has 116 valence electrons. The fraction of sp³-hybridized carbons (Fsp3) is 0.462. The van der Waals surface area contributed by atoms with Gasteiger partial charge in [-0.25, -0.2) is 0 Å². The van der Waals surface area contributed by atoms with E-state index < -0.39 is 11.7 Å². The normalized spacial score (nSPS) is 16.7. The lowest BCUT2D eigenvalue weighted by molar-refractivity contribution is -0.136. The van der Waals surface area contributed by atoms with Crippen LogP contribution in [0.25, 0.3) is 0 Å². The molecule has 1 saturated heterocycles. The van der Waals surface area contributed by atoms with E-state index in [1.165, 1.54) is 6.07 Å². The topological polar surface area (TPSA) is 58.4 Å². The van der Waals surface area contributed by atoms with Crippen molar-refractivity contribution in [1.82, 2.24) is 4.90 Å². The summed E-state index contributed by atoms with van der Waals surface area (Å²) in [6.07, 6.45) is -4.53. The van der Waals surface area contributed by atoms with Crippen LogP contribution in [0.5, 0.6) is 0 Å². The molecule has 2 rings (SSSR count). The van der Waals surface area contributed by atoms with E-state index in [4.69, 9.17) is 5.73 Å². The Hall–Kier alpha value is -1.41. The first kappa shape index (κ1) is 16.0. The fourth-order valence-electron chi connectivity index (χ4n) is 2.04. The van der Waals surface area contributed by atoms with Crippen LogP contribution in [0.1, 0.15) is 5.56 Å². The summed E-state index contributed by atoms with van der Waals surface area (Å²) in [5.41, 5.74) is 4.13. The summed E-state index contributed by atoms with van der Waals surface area (Å²) in [4.78, 5) is 13.8. The number of nitrogens with one attached hydrogen (secondary N) is 1. The first-order valence-electron chi connectivity index (χ1n) is 6.43. The number of hydrogen-bond acceptors (Lipinski definition) is 4. The molecular formula is C13H16F3N3OS. The maximum Gasteiger partial charge on any atom is 0.418 e. The van der Waals surface area contributed by atoms with Gasteiger partial charge in [-0.05, 0) is 18.2 Å². The van der Waals surface area contributed by atoms with Crippen molar-refractivity contribution in [3.05, 3.63) is 23.8 Å². The number of hydrogen-bond donors (Lipinski definition) is 2. The third kappa shape index (κ3) is 4.53. The molecule has 1 heterocycles.